The Bertz CT molecular complexity index is 431. The topological polar surface area (TPSA) is 40.5 Å². The SMILES string of the molecule is CCC1(N(Cc2ccccc2)C(=O)O)CC=CC1. The first-order valence-corrected chi connectivity index (χ1v) is 6.37. The lowest BCUT2D eigenvalue weighted by molar-refractivity contribution is 0.0722. The summed E-state index contributed by atoms with van der Waals surface area (Å²) >= 11 is 0. The number of rotatable bonds is 4. The smallest absolute Gasteiger partial charge is 0.408 e. The Kier molecular flexibility index (Phi) is 3.70. The van der Waals surface area contributed by atoms with Gasteiger partial charge in [-0.15, -0.1) is 0 Å². The zero-order valence-electron chi connectivity index (χ0n) is 10.7. The van der Waals surface area contributed by atoms with Crippen LogP contribution in [0.15, 0.2) is 42.5 Å². The first-order chi connectivity index (χ1) is 8.68. The Balaban J connectivity index is 2.21. The molecule has 0 bridgehead atoms. The van der Waals surface area contributed by atoms with Crippen molar-refractivity contribution >= 4 is 6.09 Å². The average Bonchev–Trinajstić information content (AvgIpc) is 2.86. The Morgan fingerprint density at radius 1 is 1.28 bits per heavy atom. The average molecular weight is 245 g/mol. The third-order valence-electron chi connectivity index (χ3n) is 3.81. The molecule has 0 fully saturated rings. The van der Waals surface area contributed by atoms with Gasteiger partial charge in [-0.3, -0.25) is 4.90 Å². The van der Waals surface area contributed by atoms with Gasteiger partial charge >= 0.3 is 6.09 Å². The number of nitrogens with zero attached hydrogens (tertiary/aromatic N) is 1. The predicted molar refractivity (Wildman–Crippen MR) is 71.4 cm³/mol. The maximum absolute atomic E-state index is 11.6. The van der Waals surface area contributed by atoms with Gasteiger partial charge < -0.3 is 5.11 Å². The van der Waals surface area contributed by atoms with Crippen LogP contribution in [0.4, 0.5) is 4.79 Å². The van der Waals surface area contributed by atoms with Crippen molar-refractivity contribution in [3.63, 3.8) is 0 Å². The van der Waals surface area contributed by atoms with Gasteiger partial charge in [-0.05, 0) is 24.8 Å². The lowest BCUT2D eigenvalue weighted by atomic mass is 9.90. The molecule has 1 aromatic rings. The highest BCUT2D eigenvalue weighted by atomic mass is 16.4. The largest absolute Gasteiger partial charge is 0.465 e. The molecule has 0 aromatic heterocycles. The van der Waals surface area contributed by atoms with Crippen molar-refractivity contribution in [2.24, 2.45) is 0 Å². The van der Waals surface area contributed by atoms with Crippen LogP contribution in [0.5, 0.6) is 0 Å². The van der Waals surface area contributed by atoms with Crippen LogP contribution in [-0.4, -0.2) is 21.6 Å². The summed E-state index contributed by atoms with van der Waals surface area (Å²) in [6.07, 6.45) is 5.84. The van der Waals surface area contributed by atoms with E-state index >= 15 is 0 Å². The van der Waals surface area contributed by atoms with E-state index in [9.17, 15) is 9.90 Å². The highest BCUT2D eigenvalue weighted by Gasteiger charge is 2.38. The Labute approximate surface area is 108 Å². The van der Waals surface area contributed by atoms with Crippen molar-refractivity contribution in [1.29, 1.82) is 0 Å². The summed E-state index contributed by atoms with van der Waals surface area (Å²) in [5.41, 5.74) is 0.793. The molecule has 0 atom stereocenters. The fraction of sp³-hybridized carbons (Fsp3) is 0.400. The number of benzene rings is 1. The van der Waals surface area contributed by atoms with Gasteiger partial charge in [-0.25, -0.2) is 4.79 Å². The summed E-state index contributed by atoms with van der Waals surface area (Å²) in [6.45, 7) is 2.53. The zero-order valence-corrected chi connectivity index (χ0v) is 10.7. The van der Waals surface area contributed by atoms with E-state index < -0.39 is 6.09 Å². The first kappa shape index (κ1) is 12.7. The summed E-state index contributed by atoms with van der Waals surface area (Å²) < 4.78 is 0. The van der Waals surface area contributed by atoms with Crippen LogP contribution in [0.25, 0.3) is 0 Å². The molecule has 0 radical (unpaired) electrons. The first-order valence-electron chi connectivity index (χ1n) is 6.37. The molecule has 3 heteroatoms. The number of carboxylic acid groups (broad SMARTS) is 1. The third kappa shape index (κ3) is 2.40. The Hall–Kier alpha value is -1.77. The molecule has 1 aliphatic rings. The van der Waals surface area contributed by atoms with Crippen molar-refractivity contribution in [2.75, 3.05) is 0 Å². The second kappa shape index (κ2) is 5.25. The third-order valence-corrected chi connectivity index (χ3v) is 3.81. The summed E-state index contributed by atoms with van der Waals surface area (Å²) in [6, 6.07) is 9.78. The maximum atomic E-state index is 11.6. The molecule has 18 heavy (non-hydrogen) atoms. The highest BCUT2D eigenvalue weighted by molar-refractivity contribution is 5.66. The molecule has 96 valence electrons. The minimum Gasteiger partial charge on any atom is -0.465 e. The number of amides is 1. The van der Waals surface area contributed by atoms with Crippen LogP contribution in [0.2, 0.25) is 0 Å². The quantitative estimate of drug-likeness (QED) is 0.822. The van der Waals surface area contributed by atoms with E-state index in [4.69, 9.17) is 0 Å². The minimum atomic E-state index is -0.829. The molecular formula is C15H19NO2. The fourth-order valence-corrected chi connectivity index (χ4v) is 2.59. The van der Waals surface area contributed by atoms with Crippen molar-refractivity contribution in [1.82, 2.24) is 4.90 Å². The van der Waals surface area contributed by atoms with E-state index in [2.05, 4.69) is 19.1 Å². The Morgan fingerprint density at radius 2 is 1.89 bits per heavy atom. The highest BCUT2D eigenvalue weighted by Crippen LogP contribution is 2.34. The second-order valence-corrected chi connectivity index (χ2v) is 4.81. The van der Waals surface area contributed by atoms with Crippen molar-refractivity contribution < 1.29 is 9.90 Å². The van der Waals surface area contributed by atoms with E-state index in [1.807, 2.05) is 30.3 Å². The molecule has 0 saturated heterocycles. The Morgan fingerprint density at radius 3 is 2.39 bits per heavy atom. The number of hydrogen-bond donors (Lipinski definition) is 1. The van der Waals surface area contributed by atoms with Crippen LogP contribution in [0, 0.1) is 0 Å². The summed E-state index contributed by atoms with van der Waals surface area (Å²) in [4.78, 5) is 13.2. The predicted octanol–water partition coefficient (Wildman–Crippen LogP) is 3.67. The normalized spacial score (nSPS) is 16.7. The minimum absolute atomic E-state index is 0.248. The molecule has 1 amide bonds. The zero-order chi connectivity index (χ0) is 13.0. The van der Waals surface area contributed by atoms with Crippen LogP contribution >= 0.6 is 0 Å². The molecule has 1 N–H and O–H groups in total. The van der Waals surface area contributed by atoms with Crippen molar-refractivity contribution in [2.45, 2.75) is 38.3 Å². The fourth-order valence-electron chi connectivity index (χ4n) is 2.59. The number of hydrogen-bond acceptors (Lipinski definition) is 1. The molecule has 0 unspecified atom stereocenters. The maximum Gasteiger partial charge on any atom is 0.408 e. The van der Waals surface area contributed by atoms with E-state index in [1.54, 1.807) is 4.90 Å². The summed E-state index contributed by atoms with van der Waals surface area (Å²) in [5, 5.41) is 9.49. The van der Waals surface area contributed by atoms with E-state index in [-0.39, 0.29) is 5.54 Å². The standard InChI is InChI=1S/C15H19NO2/c1-2-15(10-6-7-11-15)16(14(17)18)12-13-8-4-3-5-9-13/h3-9H,2,10-12H2,1H3,(H,17,18). The van der Waals surface area contributed by atoms with E-state index in [1.165, 1.54) is 0 Å². The van der Waals surface area contributed by atoms with Gasteiger partial charge in [0.15, 0.2) is 0 Å². The van der Waals surface area contributed by atoms with Crippen LogP contribution in [-0.2, 0) is 6.54 Å². The van der Waals surface area contributed by atoms with Gasteiger partial charge in [0, 0.05) is 6.54 Å². The van der Waals surface area contributed by atoms with Gasteiger partial charge in [-0.1, -0.05) is 49.4 Å². The van der Waals surface area contributed by atoms with Crippen LogP contribution in [0.3, 0.4) is 0 Å². The van der Waals surface area contributed by atoms with Gasteiger partial charge in [0.25, 0.3) is 0 Å². The van der Waals surface area contributed by atoms with E-state index in [0.717, 1.165) is 24.8 Å². The van der Waals surface area contributed by atoms with Gasteiger partial charge in [-0.2, -0.15) is 0 Å². The van der Waals surface area contributed by atoms with E-state index in [0.29, 0.717) is 6.54 Å². The van der Waals surface area contributed by atoms with Crippen LogP contribution in [0.1, 0.15) is 31.7 Å². The van der Waals surface area contributed by atoms with Crippen molar-refractivity contribution in [3.8, 4) is 0 Å². The molecule has 0 saturated carbocycles. The van der Waals surface area contributed by atoms with Crippen LogP contribution < -0.4 is 0 Å². The monoisotopic (exact) mass is 245 g/mol. The lowest BCUT2D eigenvalue weighted by Crippen LogP contribution is -2.48. The van der Waals surface area contributed by atoms with Gasteiger partial charge in [0.1, 0.15) is 0 Å². The summed E-state index contributed by atoms with van der Waals surface area (Å²) in [5.74, 6) is 0. The van der Waals surface area contributed by atoms with Crippen molar-refractivity contribution in [3.05, 3.63) is 48.0 Å². The lowest BCUT2D eigenvalue weighted by Gasteiger charge is -2.39. The molecule has 0 aliphatic heterocycles. The second-order valence-electron chi connectivity index (χ2n) is 4.81. The molecule has 0 heterocycles. The molecular weight excluding hydrogens is 226 g/mol. The molecule has 1 aromatic carbocycles. The van der Waals surface area contributed by atoms with Gasteiger partial charge in [0.2, 0.25) is 0 Å². The molecule has 3 nitrogen and oxygen atoms in total. The number of carbonyl (C=O) groups is 1. The molecule has 2 rings (SSSR count). The molecule has 1 aliphatic carbocycles. The summed E-state index contributed by atoms with van der Waals surface area (Å²) in [7, 11) is 0. The van der Waals surface area contributed by atoms with Gasteiger partial charge in [0.05, 0.1) is 5.54 Å². The molecule has 0 spiro atoms.